The zero-order valence-electron chi connectivity index (χ0n) is 9.06. The molecule has 0 spiro atoms. The Labute approximate surface area is 98.2 Å². The molecule has 3 rings (SSSR count). The first-order valence-corrected chi connectivity index (χ1v) is 5.33. The average Bonchev–Trinajstić information content (AvgIpc) is 2.81. The second kappa shape index (κ2) is 4.17. The smallest absolute Gasteiger partial charge is 0.115 e. The molecule has 0 saturated carbocycles. The molecule has 4 heteroatoms. The molecule has 0 bridgehead atoms. The third-order valence-electron chi connectivity index (χ3n) is 2.45. The molecule has 0 amide bonds. The van der Waals surface area contributed by atoms with Gasteiger partial charge in [-0.15, -0.1) is 9.89 Å². The van der Waals surface area contributed by atoms with Crippen LogP contribution < -0.4 is 0 Å². The van der Waals surface area contributed by atoms with Gasteiger partial charge in [-0.05, 0) is 22.9 Å². The van der Waals surface area contributed by atoms with Gasteiger partial charge in [0.05, 0.1) is 6.21 Å². The fraction of sp³-hybridized carbons (Fsp3) is 0. The number of benzene rings is 2. The molecule has 1 heterocycles. The molecule has 0 fully saturated rings. The van der Waals surface area contributed by atoms with Gasteiger partial charge in [0.2, 0.25) is 0 Å². The highest BCUT2D eigenvalue weighted by Crippen LogP contribution is 2.09. The minimum absolute atomic E-state index is 0.845. The van der Waals surface area contributed by atoms with E-state index in [-0.39, 0.29) is 0 Å². The van der Waals surface area contributed by atoms with E-state index in [2.05, 4.69) is 15.4 Å². The highest BCUT2D eigenvalue weighted by Gasteiger charge is 2.00. The van der Waals surface area contributed by atoms with E-state index < -0.39 is 0 Å². The molecule has 2 aromatic carbocycles. The van der Waals surface area contributed by atoms with Gasteiger partial charge in [0, 0.05) is 0 Å². The van der Waals surface area contributed by atoms with Gasteiger partial charge >= 0.3 is 0 Å². The Kier molecular flexibility index (Phi) is 2.38. The molecule has 0 unspecified atom stereocenters. The van der Waals surface area contributed by atoms with E-state index in [9.17, 15) is 0 Å². The van der Waals surface area contributed by atoms with Crippen molar-refractivity contribution in [3.63, 3.8) is 0 Å². The van der Waals surface area contributed by atoms with Crippen molar-refractivity contribution in [1.82, 2.24) is 15.1 Å². The molecule has 17 heavy (non-hydrogen) atoms. The second-order valence-electron chi connectivity index (χ2n) is 3.62. The summed E-state index contributed by atoms with van der Waals surface area (Å²) < 4.78 is 0. The molecule has 0 aliphatic rings. The first-order chi connectivity index (χ1) is 8.43. The minimum Gasteiger partial charge on any atom is -0.156 e. The summed E-state index contributed by atoms with van der Waals surface area (Å²) in [7, 11) is 0. The van der Waals surface area contributed by atoms with Gasteiger partial charge in [-0.1, -0.05) is 42.5 Å². The van der Waals surface area contributed by atoms with Crippen LogP contribution in [0.15, 0.2) is 59.7 Å². The van der Waals surface area contributed by atoms with Crippen LogP contribution >= 0.6 is 0 Å². The number of para-hydroxylation sites is 1. The first-order valence-electron chi connectivity index (χ1n) is 5.33. The van der Waals surface area contributed by atoms with E-state index in [1.54, 1.807) is 6.21 Å². The molecule has 0 aliphatic heterocycles. The monoisotopic (exact) mass is 222 g/mol. The number of nitrogens with zero attached hydrogens (tertiary/aromatic N) is 4. The van der Waals surface area contributed by atoms with Crippen LogP contribution in [-0.4, -0.2) is 21.3 Å². The van der Waals surface area contributed by atoms with Gasteiger partial charge in [0.25, 0.3) is 0 Å². The lowest BCUT2D eigenvalue weighted by Crippen LogP contribution is -1.92. The van der Waals surface area contributed by atoms with Crippen molar-refractivity contribution in [2.24, 2.45) is 5.10 Å². The lowest BCUT2D eigenvalue weighted by Gasteiger charge is -1.93. The van der Waals surface area contributed by atoms with Crippen LogP contribution in [0, 0.1) is 0 Å². The third kappa shape index (κ3) is 1.92. The zero-order chi connectivity index (χ0) is 11.5. The van der Waals surface area contributed by atoms with Crippen molar-refractivity contribution >= 4 is 17.2 Å². The largest absolute Gasteiger partial charge is 0.156 e. The predicted molar refractivity (Wildman–Crippen MR) is 67.0 cm³/mol. The van der Waals surface area contributed by atoms with E-state index in [4.69, 9.17) is 0 Å². The summed E-state index contributed by atoms with van der Waals surface area (Å²) in [5, 5.41) is 12.3. The predicted octanol–water partition coefficient (Wildman–Crippen LogP) is 2.31. The van der Waals surface area contributed by atoms with Crippen LogP contribution in [-0.2, 0) is 0 Å². The standard InChI is InChI=1S/C13H10N4/c1-2-6-11(7-3-1)10-14-17-13-9-5-4-8-12(13)15-16-17/h1-10H. The van der Waals surface area contributed by atoms with Crippen molar-refractivity contribution in [1.29, 1.82) is 0 Å². The molecule has 0 radical (unpaired) electrons. The van der Waals surface area contributed by atoms with Crippen LogP contribution in [0.3, 0.4) is 0 Å². The van der Waals surface area contributed by atoms with Crippen molar-refractivity contribution in [2.45, 2.75) is 0 Å². The van der Waals surface area contributed by atoms with E-state index in [0.29, 0.717) is 0 Å². The molecular formula is C13H10N4. The normalized spacial score (nSPS) is 11.3. The molecule has 82 valence electrons. The molecule has 1 aromatic heterocycles. The van der Waals surface area contributed by atoms with Crippen molar-refractivity contribution in [3.8, 4) is 0 Å². The van der Waals surface area contributed by atoms with E-state index >= 15 is 0 Å². The molecule has 4 nitrogen and oxygen atoms in total. The Balaban J connectivity index is 1.98. The quantitative estimate of drug-likeness (QED) is 0.624. The number of hydrogen-bond donors (Lipinski definition) is 0. The summed E-state index contributed by atoms with van der Waals surface area (Å²) in [5.41, 5.74) is 2.78. The van der Waals surface area contributed by atoms with Crippen LogP contribution in [0.5, 0.6) is 0 Å². The third-order valence-corrected chi connectivity index (χ3v) is 2.45. The van der Waals surface area contributed by atoms with Crippen LogP contribution in [0.4, 0.5) is 0 Å². The average molecular weight is 222 g/mol. The fourth-order valence-corrected chi connectivity index (χ4v) is 1.60. The van der Waals surface area contributed by atoms with Gasteiger partial charge < -0.3 is 0 Å². The molecule has 0 saturated heterocycles. The van der Waals surface area contributed by atoms with E-state index in [0.717, 1.165) is 16.6 Å². The van der Waals surface area contributed by atoms with E-state index in [1.165, 1.54) is 4.79 Å². The van der Waals surface area contributed by atoms with Gasteiger partial charge in [-0.25, -0.2) is 0 Å². The maximum atomic E-state index is 4.28. The SMILES string of the molecule is C(=Nn1nnc2ccccc21)c1ccccc1. The Morgan fingerprint density at radius 3 is 2.59 bits per heavy atom. The molecular weight excluding hydrogens is 212 g/mol. The van der Waals surface area contributed by atoms with Crippen LogP contribution in [0.1, 0.15) is 5.56 Å². The summed E-state index contributed by atoms with van der Waals surface area (Å²) in [5.74, 6) is 0. The fourth-order valence-electron chi connectivity index (χ4n) is 1.60. The van der Waals surface area contributed by atoms with E-state index in [1.807, 2.05) is 54.6 Å². The lowest BCUT2D eigenvalue weighted by molar-refractivity contribution is 0.718. The Morgan fingerprint density at radius 1 is 0.941 bits per heavy atom. The zero-order valence-corrected chi connectivity index (χ0v) is 9.06. The van der Waals surface area contributed by atoms with Crippen LogP contribution in [0.25, 0.3) is 11.0 Å². The molecule has 3 aromatic rings. The van der Waals surface area contributed by atoms with Crippen molar-refractivity contribution < 1.29 is 0 Å². The first kappa shape index (κ1) is 9.72. The van der Waals surface area contributed by atoms with Crippen LogP contribution in [0.2, 0.25) is 0 Å². The highest BCUT2D eigenvalue weighted by atomic mass is 15.6. The number of rotatable bonds is 2. The Hall–Kier alpha value is -2.49. The highest BCUT2D eigenvalue weighted by molar-refractivity contribution is 5.80. The van der Waals surface area contributed by atoms with Gasteiger partial charge in [-0.2, -0.15) is 5.10 Å². The van der Waals surface area contributed by atoms with Crippen molar-refractivity contribution in [3.05, 3.63) is 60.2 Å². The summed E-state index contributed by atoms with van der Waals surface area (Å²) in [6.45, 7) is 0. The summed E-state index contributed by atoms with van der Waals surface area (Å²) >= 11 is 0. The van der Waals surface area contributed by atoms with Gasteiger partial charge in [0.1, 0.15) is 11.0 Å². The molecule has 0 aliphatic carbocycles. The summed E-state index contributed by atoms with van der Waals surface area (Å²) in [6, 6.07) is 17.6. The molecule has 0 N–H and O–H groups in total. The Morgan fingerprint density at radius 2 is 1.71 bits per heavy atom. The second-order valence-corrected chi connectivity index (χ2v) is 3.62. The summed E-state index contributed by atoms with van der Waals surface area (Å²) in [6.07, 6.45) is 1.76. The maximum Gasteiger partial charge on any atom is 0.115 e. The maximum absolute atomic E-state index is 4.28. The Bertz CT molecular complexity index is 655. The van der Waals surface area contributed by atoms with Gasteiger partial charge in [-0.3, -0.25) is 0 Å². The number of fused-ring (bicyclic) bond motifs is 1. The summed E-state index contributed by atoms with van der Waals surface area (Å²) in [4.78, 5) is 1.53. The number of hydrogen-bond acceptors (Lipinski definition) is 3. The number of aromatic nitrogens is 3. The molecule has 0 atom stereocenters. The minimum atomic E-state index is 0.845. The lowest BCUT2D eigenvalue weighted by atomic mass is 10.2. The van der Waals surface area contributed by atoms with Crippen molar-refractivity contribution in [2.75, 3.05) is 0 Å². The van der Waals surface area contributed by atoms with Gasteiger partial charge in [0.15, 0.2) is 0 Å². The topological polar surface area (TPSA) is 43.1 Å².